The molecule has 0 saturated carbocycles. The average Bonchev–Trinajstić information content (AvgIpc) is 2.67. The minimum Gasteiger partial charge on any atom is -0.494 e. The lowest BCUT2D eigenvalue weighted by molar-refractivity contribution is 0.103. The van der Waals surface area contributed by atoms with Gasteiger partial charge in [0.15, 0.2) is 5.78 Å². The second-order valence-corrected chi connectivity index (χ2v) is 5.88. The van der Waals surface area contributed by atoms with Gasteiger partial charge in [0, 0.05) is 5.56 Å². The second-order valence-electron chi connectivity index (χ2n) is 5.88. The molecule has 5 heteroatoms. The predicted molar refractivity (Wildman–Crippen MR) is 97.2 cm³/mol. The normalized spacial score (nSPS) is 10.3. The van der Waals surface area contributed by atoms with Gasteiger partial charge < -0.3 is 5.11 Å². The SMILES string of the molecule is Cc1c(C(=O)c2ccccc2)c(O)n(Cc2ccccc2)c(=O)c1C#N. The first-order valence-electron chi connectivity index (χ1n) is 8.04. The standard InChI is InChI=1S/C21H16N2O3/c1-14-17(12-22)20(25)23(13-15-8-4-2-5-9-15)21(26)18(14)19(24)16-10-6-3-7-11-16/h2-11,26H,13H2,1H3. The summed E-state index contributed by atoms with van der Waals surface area (Å²) in [5.41, 5.74) is 0.556. The number of nitrogens with zero attached hydrogens (tertiary/aromatic N) is 2. The summed E-state index contributed by atoms with van der Waals surface area (Å²) in [4.78, 5) is 25.5. The lowest BCUT2D eigenvalue weighted by Gasteiger charge is -2.15. The Balaban J connectivity index is 2.22. The monoisotopic (exact) mass is 344 g/mol. The van der Waals surface area contributed by atoms with Crippen LogP contribution in [0, 0.1) is 18.3 Å². The van der Waals surface area contributed by atoms with E-state index in [9.17, 15) is 20.0 Å². The molecule has 2 aromatic carbocycles. The fourth-order valence-corrected chi connectivity index (χ4v) is 2.87. The minimum atomic E-state index is -0.615. The Morgan fingerprint density at radius 2 is 1.65 bits per heavy atom. The molecule has 1 N–H and O–H groups in total. The highest BCUT2D eigenvalue weighted by Gasteiger charge is 2.24. The third-order valence-electron chi connectivity index (χ3n) is 4.25. The zero-order chi connectivity index (χ0) is 18.7. The average molecular weight is 344 g/mol. The number of carbonyl (C=O) groups excluding carboxylic acids is 1. The first-order valence-corrected chi connectivity index (χ1v) is 8.04. The number of rotatable bonds is 4. The maximum Gasteiger partial charge on any atom is 0.271 e. The zero-order valence-electron chi connectivity index (χ0n) is 14.1. The second kappa shape index (κ2) is 7.08. The molecule has 26 heavy (non-hydrogen) atoms. The lowest BCUT2D eigenvalue weighted by Crippen LogP contribution is -2.27. The molecule has 0 fully saturated rings. The topological polar surface area (TPSA) is 83.1 Å². The molecule has 128 valence electrons. The highest BCUT2D eigenvalue weighted by molar-refractivity contribution is 6.11. The summed E-state index contributed by atoms with van der Waals surface area (Å²) in [7, 11) is 0. The van der Waals surface area contributed by atoms with E-state index in [4.69, 9.17) is 0 Å². The van der Waals surface area contributed by atoms with E-state index in [1.807, 2.05) is 24.3 Å². The van der Waals surface area contributed by atoms with Gasteiger partial charge in [-0.25, -0.2) is 0 Å². The Kier molecular flexibility index (Phi) is 4.68. The number of ketones is 1. The van der Waals surface area contributed by atoms with Gasteiger partial charge >= 0.3 is 0 Å². The van der Waals surface area contributed by atoms with E-state index in [1.54, 1.807) is 42.5 Å². The number of carbonyl (C=O) groups is 1. The van der Waals surface area contributed by atoms with Crippen LogP contribution in [-0.2, 0) is 6.54 Å². The molecule has 5 nitrogen and oxygen atoms in total. The van der Waals surface area contributed by atoms with Crippen molar-refractivity contribution in [3.63, 3.8) is 0 Å². The van der Waals surface area contributed by atoms with Gasteiger partial charge in [0.1, 0.15) is 11.6 Å². The summed E-state index contributed by atoms with van der Waals surface area (Å²) < 4.78 is 1.07. The van der Waals surface area contributed by atoms with Crippen LogP contribution >= 0.6 is 0 Å². The van der Waals surface area contributed by atoms with Crippen molar-refractivity contribution in [1.29, 1.82) is 5.26 Å². The molecule has 0 atom stereocenters. The highest BCUT2D eigenvalue weighted by Crippen LogP contribution is 2.25. The van der Waals surface area contributed by atoms with Crippen LogP contribution in [0.15, 0.2) is 65.5 Å². The fourth-order valence-electron chi connectivity index (χ4n) is 2.87. The Morgan fingerprint density at radius 1 is 1.08 bits per heavy atom. The molecule has 0 aliphatic rings. The van der Waals surface area contributed by atoms with Crippen LogP contribution in [-0.4, -0.2) is 15.5 Å². The Labute approximate surface area is 150 Å². The maximum absolute atomic E-state index is 12.9. The van der Waals surface area contributed by atoms with Crippen LogP contribution in [0.1, 0.15) is 32.6 Å². The van der Waals surface area contributed by atoms with Crippen molar-refractivity contribution in [3.05, 3.63) is 98.8 Å². The summed E-state index contributed by atoms with van der Waals surface area (Å²) in [6, 6.07) is 19.4. The summed E-state index contributed by atoms with van der Waals surface area (Å²) in [6.45, 7) is 1.57. The van der Waals surface area contributed by atoms with E-state index in [0.29, 0.717) is 5.56 Å². The van der Waals surface area contributed by atoms with Crippen LogP contribution in [0.2, 0.25) is 0 Å². The number of hydrogen-bond acceptors (Lipinski definition) is 4. The Morgan fingerprint density at radius 3 is 2.23 bits per heavy atom. The molecule has 0 saturated heterocycles. The number of aromatic hydroxyl groups is 1. The summed E-state index contributed by atoms with van der Waals surface area (Å²) >= 11 is 0. The van der Waals surface area contributed by atoms with Gasteiger partial charge in [-0.3, -0.25) is 14.2 Å². The molecule has 0 spiro atoms. The predicted octanol–water partition coefficient (Wildman–Crippen LogP) is 3.01. The van der Waals surface area contributed by atoms with E-state index in [1.165, 1.54) is 6.92 Å². The van der Waals surface area contributed by atoms with Crippen molar-refractivity contribution < 1.29 is 9.90 Å². The molecule has 0 bridgehead atoms. The van der Waals surface area contributed by atoms with E-state index in [2.05, 4.69) is 0 Å². The third kappa shape index (κ3) is 3.01. The van der Waals surface area contributed by atoms with Gasteiger partial charge in [0.2, 0.25) is 5.88 Å². The molecule has 0 aliphatic carbocycles. The maximum atomic E-state index is 12.9. The van der Waals surface area contributed by atoms with Crippen molar-refractivity contribution >= 4 is 5.78 Å². The number of nitriles is 1. The third-order valence-corrected chi connectivity index (χ3v) is 4.25. The number of pyridine rings is 1. The summed E-state index contributed by atoms with van der Waals surface area (Å²) in [5, 5.41) is 20.1. The number of aromatic nitrogens is 1. The fraction of sp³-hybridized carbons (Fsp3) is 0.0952. The highest BCUT2D eigenvalue weighted by atomic mass is 16.3. The Hall–Kier alpha value is -3.65. The molecule has 3 rings (SSSR count). The lowest BCUT2D eigenvalue weighted by atomic mass is 9.97. The molecular weight excluding hydrogens is 328 g/mol. The van der Waals surface area contributed by atoms with E-state index in [0.717, 1.165) is 10.1 Å². The molecule has 3 aromatic rings. The molecular formula is C21H16N2O3. The van der Waals surface area contributed by atoms with Crippen LogP contribution in [0.5, 0.6) is 5.88 Å². The number of hydrogen-bond donors (Lipinski definition) is 1. The van der Waals surface area contributed by atoms with Crippen molar-refractivity contribution in [2.45, 2.75) is 13.5 Å². The summed E-state index contributed by atoms with van der Waals surface area (Å²) in [5.74, 6) is -0.858. The van der Waals surface area contributed by atoms with Crippen molar-refractivity contribution in [3.8, 4) is 11.9 Å². The van der Waals surface area contributed by atoms with Gasteiger partial charge in [-0.2, -0.15) is 5.26 Å². The van der Waals surface area contributed by atoms with Crippen LogP contribution in [0.3, 0.4) is 0 Å². The quantitative estimate of drug-likeness (QED) is 0.738. The van der Waals surface area contributed by atoms with Gasteiger partial charge in [0.05, 0.1) is 12.1 Å². The van der Waals surface area contributed by atoms with Crippen LogP contribution < -0.4 is 5.56 Å². The van der Waals surface area contributed by atoms with Crippen molar-refractivity contribution in [1.82, 2.24) is 4.57 Å². The molecule has 0 aliphatic heterocycles. The zero-order valence-corrected chi connectivity index (χ0v) is 14.1. The van der Waals surface area contributed by atoms with Crippen molar-refractivity contribution in [2.24, 2.45) is 0 Å². The number of benzene rings is 2. The Bertz CT molecular complexity index is 1060. The van der Waals surface area contributed by atoms with Gasteiger partial charge in [-0.15, -0.1) is 0 Å². The summed E-state index contributed by atoms with van der Waals surface area (Å²) in [6.07, 6.45) is 0. The van der Waals surface area contributed by atoms with E-state index >= 15 is 0 Å². The molecule has 0 radical (unpaired) electrons. The molecule has 1 heterocycles. The van der Waals surface area contributed by atoms with Crippen LogP contribution in [0.4, 0.5) is 0 Å². The minimum absolute atomic E-state index is 0.0247. The van der Waals surface area contributed by atoms with Crippen molar-refractivity contribution in [2.75, 3.05) is 0 Å². The van der Waals surface area contributed by atoms with E-state index in [-0.39, 0.29) is 23.2 Å². The first kappa shape index (κ1) is 17.2. The first-order chi connectivity index (χ1) is 12.5. The molecule has 1 aromatic heterocycles. The molecule has 0 amide bonds. The largest absolute Gasteiger partial charge is 0.494 e. The smallest absolute Gasteiger partial charge is 0.271 e. The van der Waals surface area contributed by atoms with Gasteiger partial charge in [-0.05, 0) is 18.1 Å². The van der Waals surface area contributed by atoms with Gasteiger partial charge in [-0.1, -0.05) is 60.7 Å². The molecule has 0 unspecified atom stereocenters. The van der Waals surface area contributed by atoms with E-state index < -0.39 is 17.2 Å². The van der Waals surface area contributed by atoms with Crippen LogP contribution in [0.25, 0.3) is 0 Å². The van der Waals surface area contributed by atoms with Gasteiger partial charge in [0.25, 0.3) is 5.56 Å².